The average molecular weight is 280 g/mol. The molecule has 1 saturated heterocycles. The summed E-state index contributed by atoms with van der Waals surface area (Å²) >= 11 is 0. The summed E-state index contributed by atoms with van der Waals surface area (Å²) in [7, 11) is 0. The van der Waals surface area contributed by atoms with Gasteiger partial charge in [-0.25, -0.2) is 0 Å². The fourth-order valence-corrected chi connectivity index (χ4v) is 3.08. The van der Waals surface area contributed by atoms with E-state index in [9.17, 15) is 9.59 Å². The first kappa shape index (κ1) is 15.3. The molecule has 1 aliphatic carbocycles. The van der Waals surface area contributed by atoms with Gasteiger partial charge in [-0.3, -0.25) is 9.59 Å². The lowest BCUT2D eigenvalue weighted by Gasteiger charge is -2.32. The Balaban J connectivity index is 1.94. The molecule has 1 aliphatic heterocycles. The molecule has 20 heavy (non-hydrogen) atoms. The van der Waals surface area contributed by atoms with Crippen LogP contribution < -0.4 is 5.32 Å². The highest BCUT2D eigenvalue weighted by Crippen LogP contribution is 2.41. The fraction of sp³-hybridized carbons (Fsp3) is 0.875. The van der Waals surface area contributed by atoms with Crippen LogP contribution in [0.1, 0.15) is 59.3 Å². The molecule has 0 spiro atoms. The van der Waals surface area contributed by atoms with Gasteiger partial charge in [0.2, 0.25) is 11.8 Å². The monoisotopic (exact) mass is 280 g/mol. The maximum Gasteiger partial charge on any atom is 0.248 e. The van der Waals surface area contributed by atoms with Crippen LogP contribution in [-0.4, -0.2) is 35.3 Å². The minimum absolute atomic E-state index is 0.0254. The maximum absolute atomic E-state index is 12.7. The van der Waals surface area contributed by atoms with E-state index in [-0.39, 0.29) is 11.8 Å². The van der Waals surface area contributed by atoms with Crippen molar-refractivity contribution in [2.24, 2.45) is 11.8 Å². The highest BCUT2D eigenvalue weighted by Gasteiger charge is 2.50. The van der Waals surface area contributed by atoms with Crippen LogP contribution in [0.15, 0.2) is 0 Å². The van der Waals surface area contributed by atoms with Crippen molar-refractivity contribution in [2.75, 3.05) is 13.1 Å². The lowest BCUT2D eigenvalue weighted by atomic mass is 9.94. The van der Waals surface area contributed by atoms with E-state index >= 15 is 0 Å². The minimum Gasteiger partial charge on any atom is -0.342 e. The fourth-order valence-electron chi connectivity index (χ4n) is 3.08. The Morgan fingerprint density at radius 3 is 2.60 bits per heavy atom. The van der Waals surface area contributed by atoms with Gasteiger partial charge in [-0.2, -0.15) is 0 Å². The Morgan fingerprint density at radius 1 is 1.30 bits per heavy atom. The SMILES string of the molecule is CC(C)CCCCN1CCC(=O)NC(C)(C2CC2)C1=O. The molecule has 1 heterocycles. The first-order chi connectivity index (χ1) is 9.43. The first-order valence-electron chi connectivity index (χ1n) is 8.04. The largest absolute Gasteiger partial charge is 0.342 e. The smallest absolute Gasteiger partial charge is 0.248 e. The van der Waals surface area contributed by atoms with Gasteiger partial charge < -0.3 is 10.2 Å². The summed E-state index contributed by atoms with van der Waals surface area (Å²) in [5, 5.41) is 2.98. The number of nitrogens with one attached hydrogen (secondary N) is 1. The standard InChI is InChI=1S/C16H28N2O2/c1-12(2)6-4-5-10-18-11-9-14(19)17-16(3,15(18)20)13-7-8-13/h12-13H,4-11H2,1-3H3,(H,17,19). The molecule has 0 aromatic heterocycles. The van der Waals surface area contributed by atoms with Crippen molar-refractivity contribution < 1.29 is 9.59 Å². The first-order valence-corrected chi connectivity index (χ1v) is 8.04. The number of nitrogens with zero attached hydrogens (tertiary/aromatic N) is 1. The highest BCUT2D eigenvalue weighted by molar-refractivity contribution is 5.93. The molecular weight excluding hydrogens is 252 g/mol. The maximum atomic E-state index is 12.7. The minimum atomic E-state index is -0.647. The van der Waals surface area contributed by atoms with Gasteiger partial charge >= 0.3 is 0 Å². The summed E-state index contributed by atoms with van der Waals surface area (Å²) in [4.78, 5) is 26.5. The van der Waals surface area contributed by atoms with Crippen LogP contribution in [0.25, 0.3) is 0 Å². The van der Waals surface area contributed by atoms with E-state index in [1.165, 1.54) is 6.42 Å². The van der Waals surface area contributed by atoms with Crippen molar-refractivity contribution in [3.63, 3.8) is 0 Å². The van der Waals surface area contributed by atoms with E-state index in [0.717, 1.165) is 38.1 Å². The van der Waals surface area contributed by atoms with Gasteiger partial charge in [0, 0.05) is 19.5 Å². The molecule has 2 rings (SSSR count). The Kier molecular flexibility index (Phi) is 4.71. The third-order valence-electron chi connectivity index (χ3n) is 4.59. The van der Waals surface area contributed by atoms with Crippen LogP contribution in [0.5, 0.6) is 0 Å². The Morgan fingerprint density at radius 2 is 2.00 bits per heavy atom. The van der Waals surface area contributed by atoms with Crippen LogP contribution in [0.3, 0.4) is 0 Å². The molecule has 2 aliphatic rings. The molecule has 0 aromatic rings. The number of carbonyl (C=O) groups is 2. The number of unbranched alkanes of at least 4 members (excludes halogenated alkanes) is 1. The molecule has 114 valence electrons. The van der Waals surface area contributed by atoms with E-state index in [4.69, 9.17) is 0 Å². The number of amides is 2. The van der Waals surface area contributed by atoms with E-state index in [1.54, 1.807) is 0 Å². The van der Waals surface area contributed by atoms with Crippen LogP contribution in [0.4, 0.5) is 0 Å². The van der Waals surface area contributed by atoms with Crippen molar-refractivity contribution in [3.8, 4) is 0 Å². The number of hydrogen-bond acceptors (Lipinski definition) is 2. The third kappa shape index (κ3) is 3.53. The molecule has 1 atom stereocenters. The molecule has 4 nitrogen and oxygen atoms in total. The van der Waals surface area contributed by atoms with Crippen LogP contribution >= 0.6 is 0 Å². The third-order valence-corrected chi connectivity index (χ3v) is 4.59. The molecule has 4 heteroatoms. The molecule has 2 amide bonds. The zero-order valence-corrected chi connectivity index (χ0v) is 13.1. The van der Waals surface area contributed by atoms with Crippen molar-refractivity contribution in [1.82, 2.24) is 10.2 Å². The van der Waals surface area contributed by atoms with Gasteiger partial charge in [-0.1, -0.05) is 26.7 Å². The second-order valence-corrected chi connectivity index (χ2v) is 6.96. The Bertz CT molecular complexity index is 377. The summed E-state index contributed by atoms with van der Waals surface area (Å²) in [5.74, 6) is 1.22. The normalized spacial score (nSPS) is 27.7. The van der Waals surface area contributed by atoms with Gasteiger partial charge in [0.1, 0.15) is 5.54 Å². The van der Waals surface area contributed by atoms with E-state index in [1.807, 2.05) is 11.8 Å². The van der Waals surface area contributed by atoms with Crippen molar-refractivity contribution in [2.45, 2.75) is 64.8 Å². The summed E-state index contributed by atoms with van der Waals surface area (Å²) in [5.41, 5.74) is -0.647. The van der Waals surface area contributed by atoms with Gasteiger partial charge in [-0.15, -0.1) is 0 Å². The molecule has 1 saturated carbocycles. The van der Waals surface area contributed by atoms with Crippen LogP contribution in [-0.2, 0) is 9.59 Å². The molecule has 2 fully saturated rings. The van der Waals surface area contributed by atoms with E-state index in [0.29, 0.717) is 18.9 Å². The van der Waals surface area contributed by atoms with Gasteiger partial charge in [0.15, 0.2) is 0 Å². The number of hydrogen-bond donors (Lipinski definition) is 1. The average Bonchev–Trinajstić information content (AvgIpc) is 3.20. The second kappa shape index (κ2) is 6.15. The predicted molar refractivity (Wildman–Crippen MR) is 79.2 cm³/mol. The van der Waals surface area contributed by atoms with Crippen molar-refractivity contribution in [1.29, 1.82) is 0 Å². The molecule has 0 aromatic carbocycles. The predicted octanol–water partition coefficient (Wildman–Crippen LogP) is 2.33. The topological polar surface area (TPSA) is 49.4 Å². The van der Waals surface area contributed by atoms with Gasteiger partial charge in [-0.05, 0) is 38.0 Å². The zero-order chi connectivity index (χ0) is 14.8. The van der Waals surface area contributed by atoms with Crippen LogP contribution in [0.2, 0.25) is 0 Å². The summed E-state index contributed by atoms with van der Waals surface area (Å²) in [6.07, 6.45) is 5.96. The second-order valence-electron chi connectivity index (χ2n) is 6.96. The highest BCUT2D eigenvalue weighted by atomic mass is 16.2. The quantitative estimate of drug-likeness (QED) is 0.759. The van der Waals surface area contributed by atoms with Crippen molar-refractivity contribution >= 4 is 11.8 Å². The number of rotatable bonds is 6. The lowest BCUT2D eigenvalue weighted by Crippen LogP contribution is -2.56. The van der Waals surface area contributed by atoms with Gasteiger partial charge in [0.25, 0.3) is 0 Å². The summed E-state index contributed by atoms with van der Waals surface area (Å²) < 4.78 is 0. The number of carbonyl (C=O) groups excluding carboxylic acids is 2. The van der Waals surface area contributed by atoms with E-state index < -0.39 is 5.54 Å². The molecule has 0 radical (unpaired) electrons. The molecule has 0 bridgehead atoms. The molecule has 1 unspecified atom stereocenters. The summed E-state index contributed by atoms with van der Waals surface area (Å²) in [6.45, 7) is 7.74. The lowest BCUT2D eigenvalue weighted by molar-refractivity contribution is -0.139. The molecule has 1 N–H and O–H groups in total. The van der Waals surface area contributed by atoms with Crippen LogP contribution in [0, 0.1) is 11.8 Å². The Labute approximate surface area is 122 Å². The van der Waals surface area contributed by atoms with Crippen molar-refractivity contribution in [3.05, 3.63) is 0 Å². The molecular formula is C16H28N2O2. The summed E-state index contributed by atoms with van der Waals surface area (Å²) in [6, 6.07) is 0. The van der Waals surface area contributed by atoms with Gasteiger partial charge in [0.05, 0.1) is 0 Å². The zero-order valence-electron chi connectivity index (χ0n) is 13.1. The van der Waals surface area contributed by atoms with E-state index in [2.05, 4.69) is 19.2 Å². The Hall–Kier alpha value is -1.06.